The van der Waals surface area contributed by atoms with Crippen molar-refractivity contribution in [2.24, 2.45) is 0 Å². The first kappa shape index (κ1) is 28.5. The second-order valence-electron chi connectivity index (χ2n) is 9.89. The van der Waals surface area contributed by atoms with E-state index in [4.69, 9.17) is 9.16 Å². The first-order valence-corrected chi connectivity index (χ1v) is 15.8. The molecule has 1 amide bonds. The zero-order valence-electron chi connectivity index (χ0n) is 22.1. The van der Waals surface area contributed by atoms with Crippen molar-refractivity contribution in [3.8, 4) is 17.0 Å². The van der Waals surface area contributed by atoms with Crippen LogP contribution in [0.25, 0.3) is 11.3 Å². The van der Waals surface area contributed by atoms with Crippen molar-refractivity contribution in [2.75, 3.05) is 25.4 Å². The van der Waals surface area contributed by atoms with Gasteiger partial charge in [-0.1, -0.05) is 38.6 Å². The Balaban J connectivity index is 1.80. The van der Waals surface area contributed by atoms with Crippen LogP contribution in [0.5, 0.6) is 5.75 Å². The summed E-state index contributed by atoms with van der Waals surface area (Å²) in [5.41, 5.74) is 7.35. The summed E-state index contributed by atoms with van der Waals surface area (Å²) in [7, 11) is -0.778. The van der Waals surface area contributed by atoms with E-state index in [-0.39, 0.29) is 17.4 Å². The summed E-state index contributed by atoms with van der Waals surface area (Å²) in [6.45, 7) is 10.7. The molecule has 3 rings (SSSR count). The highest BCUT2D eigenvalue weighted by atomic mass is 32.2. The number of carbonyl (C=O) groups excluding carboxylic acids is 1. The van der Waals surface area contributed by atoms with Gasteiger partial charge in [0.15, 0.2) is 30.9 Å². The van der Waals surface area contributed by atoms with Gasteiger partial charge in [-0.3, -0.25) is 15.6 Å². The Kier molecular flexibility index (Phi) is 9.21. The number of ether oxygens (including phenoxy) is 1. The number of halogens is 1. The van der Waals surface area contributed by atoms with Crippen LogP contribution in [0, 0.1) is 5.82 Å². The number of carbonyl (C=O) groups is 1. The van der Waals surface area contributed by atoms with Gasteiger partial charge in [0.1, 0.15) is 0 Å². The molecule has 198 valence electrons. The van der Waals surface area contributed by atoms with Crippen molar-refractivity contribution >= 4 is 31.8 Å². The quantitative estimate of drug-likeness (QED) is 0.157. The molecule has 0 saturated heterocycles. The maximum Gasteiger partial charge on any atom is 0.248 e. The van der Waals surface area contributed by atoms with Crippen LogP contribution in [0.3, 0.4) is 0 Å². The number of nitrogens with zero attached hydrogens (tertiary/aromatic N) is 4. The highest BCUT2D eigenvalue weighted by Crippen LogP contribution is 2.37. The van der Waals surface area contributed by atoms with Crippen molar-refractivity contribution in [1.29, 1.82) is 0 Å². The SMILES string of the molecule is COc1ccc(C(CO[Si](C)(C)C(C)(C)C)C(=O)NNc2cc(-c3ccnc(SC)n3)cnn2)cc1F. The predicted octanol–water partition coefficient (Wildman–Crippen LogP) is 5.05. The number of hydrogen-bond donors (Lipinski definition) is 2. The minimum atomic E-state index is -2.17. The molecule has 0 spiro atoms. The van der Waals surface area contributed by atoms with Crippen LogP contribution in [-0.4, -0.2) is 54.4 Å². The summed E-state index contributed by atoms with van der Waals surface area (Å²) >= 11 is 1.43. The molecule has 0 aliphatic carbocycles. The molecule has 2 aromatic heterocycles. The maximum atomic E-state index is 14.5. The smallest absolute Gasteiger partial charge is 0.248 e. The molecule has 1 aromatic carbocycles. The molecule has 3 aromatic rings. The van der Waals surface area contributed by atoms with Crippen LogP contribution < -0.4 is 15.6 Å². The zero-order valence-corrected chi connectivity index (χ0v) is 23.9. The Labute approximate surface area is 222 Å². The lowest BCUT2D eigenvalue weighted by atomic mass is 9.99. The number of rotatable bonds is 10. The van der Waals surface area contributed by atoms with Crippen molar-refractivity contribution in [1.82, 2.24) is 25.6 Å². The Morgan fingerprint density at radius 3 is 2.62 bits per heavy atom. The number of nitrogens with one attached hydrogen (secondary N) is 2. The fraction of sp³-hybridized carbons (Fsp3) is 0.400. The number of aromatic nitrogens is 4. The molecule has 1 unspecified atom stereocenters. The number of thioether (sulfide) groups is 1. The van der Waals surface area contributed by atoms with Gasteiger partial charge in [0.2, 0.25) is 5.91 Å². The Morgan fingerprint density at radius 1 is 1.22 bits per heavy atom. The van der Waals surface area contributed by atoms with Gasteiger partial charge in [-0.2, -0.15) is 5.10 Å². The molecule has 0 fully saturated rings. The molecule has 0 aliphatic rings. The molecular weight excluding hydrogens is 511 g/mol. The topological polar surface area (TPSA) is 111 Å². The fourth-order valence-electron chi connectivity index (χ4n) is 3.11. The summed E-state index contributed by atoms with van der Waals surface area (Å²) in [5, 5.41) is 8.63. The number of methoxy groups -OCH3 is 1. The molecule has 12 heteroatoms. The first-order valence-electron chi connectivity index (χ1n) is 11.7. The lowest BCUT2D eigenvalue weighted by Crippen LogP contribution is -2.44. The average molecular weight is 545 g/mol. The van der Waals surface area contributed by atoms with Crippen LogP contribution in [-0.2, 0) is 9.22 Å². The normalized spacial score (nSPS) is 12.6. The average Bonchev–Trinajstić information content (AvgIpc) is 2.87. The number of amides is 1. The lowest BCUT2D eigenvalue weighted by Gasteiger charge is -2.37. The van der Waals surface area contributed by atoms with Gasteiger partial charge in [-0.05, 0) is 54.2 Å². The van der Waals surface area contributed by atoms with Crippen LogP contribution in [0.15, 0.2) is 47.9 Å². The molecular formula is C25H33FN6O3SSi. The number of hydrogen-bond acceptors (Lipinski definition) is 9. The van der Waals surface area contributed by atoms with E-state index in [9.17, 15) is 9.18 Å². The van der Waals surface area contributed by atoms with E-state index < -0.39 is 26.0 Å². The molecule has 9 nitrogen and oxygen atoms in total. The second-order valence-corrected chi connectivity index (χ2v) is 15.5. The Bertz CT molecular complexity index is 1240. The monoisotopic (exact) mass is 544 g/mol. The van der Waals surface area contributed by atoms with Crippen molar-refractivity contribution in [3.05, 3.63) is 54.1 Å². The van der Waals surface area contributed by atoms with Gasteiger partial charge < -0.3 is 9.16 Å². The molecule has 0 aliphatic heterocycles. The zero-order chi connectivity index (χ0) is 27.2. The number of benzene rings is 1. The largest absolute Gasteiger partial charge is 0.494 e. The number of hydrazine groups is 1. The van der Waals surface area contributed by atoms with Crippen molar-refractivity contribution < 1.29 is 18.3 Å². The maximum absolute atomic E-state index is 14.5. The van der Waals surface area contributed by atoms with E-state index in [0.29, 0.717) is 27.8 Å². The van der Waals surface area contributed by atoms with Gasteiger partial charge >= 0.3 is 0 Å². The summed E-state index contributed by atoms with van der Waals surface area (Å²) in [6.07, 6.45) is 5.15. The van der Waals surface area contributed by atoms with Crippen LogP contribution >= 0.6 is 11.8 Å². The summed E-state index contributed by atoms with van der Waals surface area (Å²) < 4.78 is 25.9. The minimum Gasteiger partial charge on any atom is -0.494 e. The van der Waals surface area contributed by atoms with E-state index in [0.717, 1.165) is 0 Å². The summed E-state index contributed by atoms with van der Waals surface area (Å²) in [6, 6.07) is 7.96. The van der Waals surface area contributed by atoms with E-state index in [1.54, 1.807) is 30.6 Å². The third-order valence-electron chi connectivity index (χ3n) is 6.39. The van der Waals surface area contributed by atoms with Gasteiger partial charge in [0.25, 0.3) is 0 Å². The van der Waals surface area contributed by atoms with E-state index in [1.165, 1.54) is 31.0 Å². The lowest BCUT2D eigenvalue weighted by molar-refractivity contribution is -0.122. The predicted molar refractivity (Wildman–Crippen MR) is 145 cm³/mol. The number of anilines is 1. The molecule has 2 heterocycles. The van der Waals surface area contributed by atoms with Crippen molar-refractivity contribution in [3.63, 3.8) is 0 Å². The Morgan fingerprint density at radius 2 is 1.97 bits per heavy atom. The van der Waals surface area contributed by atoms with Crippen LogP contribution in [0.1, 0.15) is 32.3 Å². The third-order valence-corrected chi connectivity index (χ3v) is 11.5. The molecule has 0 saturated carbocycles. The fourth-order valence-corrected chi connectivity index (χ4v) is 4.48. The highest BCUT2D eigenvalue weighted by molar-refractivity contribution is 7.98. The van der Waals surface area contributed by atoms with Crippen LogP contribution in [0.4, 0.5) is 10.2 Å². The third kappa shape index (κ3) is 7.24. The molecule has 0 bridgehead atoms. The van der Waals surface area contributed by atoms with E-state index in [2.05, 4.69) is 64.9 Å². The minimum absolute atomic E-state index is 0.0510. The van der Waals surface area contributed by atoms with Gasteiger partial charge in [0.05, 0.1) is 24.9 Å². The highest BCUT2D eigenvalue weighted by Gasteiger charge is 2.38. The molecule has 37 heavy (non-hydrogen) atoms. The molecule has 0 radical (unpaired) electrons. The molecule has 2 N–H and O–H groups in total. The van der Waals surface area contributed by atoms with Crippen LogP contribution in [0.2, 0.25) is 18.1 Å². The summed E-state index contributed by atoms with van der Waals surface area (Å²) in [4.78, 5) is 22.0. The standard InChI is InChI=1S/C25H33FN6O3SSi/c1-25(2,3)37(6,7)35-15-18(16-8-9-21(34-4)19(26)12-16)23(33)32-31-22-13-17(14-28-30-22)20-10-11-27-24(29-20)36-5/h8-14,18H,15H2,1-7H3,(H,30,31)(H,32,33). The molecule has 1 atom stereocenters. The van der Waals surface area contributed by atoms with Gasteiger partial charge in [-0.15, -0.1) is 5.10 Å². The second kappa shape index (κ2) is 12.0. The van der Waals surface area contributed by atoms with Gasteiger partial charge in [0, 0.05) is 18.4 Å². The van der Waals surface area contributed by atoms with Crippen molar-refractivity contribution in [2.45, 2.75) is 50.0 Å². The van der Waals surface area contributed by atoms with Gasteiger partial charge in [-0.25, -0.2) is 14.4 Å². The van der Waals surface area contributed by atoms with E-state index in [1.807, 2.05) is 6.26 Å². The first-order chi connectivity index (χ1) is 17.4. The Hall–Kier alpha value is -3.09. The summed E-state index contributed by atoms with van der Waals surface area (Å²) in [5.74, 6) is -1.30. The van der Waals surface area contributed by atoms with E-state index >= 15 is 0 Å².